The molecule has 1 aromatic heterocycles. The highest BCUT2D eigenvalue weighted by atomic mass is 16.5. The van der Waals surface area contributed by atoms with Crippen molar-refractivity contribution in [2.24, 2.45) is 5.41 Å². The highest BCUT2D eigenvalue weighted by Crippen LogP contribution is 2.26. The van der Waals surface area contributed by atoms with Crippen molar-refractivity contribution >= 4 is 5.97 Å². The van der Waals surface area contributed by atoms with E-state index >= 15 is 0 Å². The molecule has 0 N–H and O–H groups in total. The molecule has 4 nitrogen and oxygen atoms in total. The van der Waals surface area contributed by atoms with E-state index in [4.69, 9.17) is 11.2 Å². The molecule has 1 atom stereocenters. The molecule has 4 heteroatoms. The molecule has 20 heavy (non-hydrogen) atoms. The van der Waals surface area contributed by atoms with Gasteiger partial charge in [-0.1, -0.05) is 20.8 Å². The SMILES string of the molecule is C#CCC(OC(=O)c1cnn(C(C)C)c1C)C(C)(C)C. The highest BCUT2D eigenvalue weighted by molar-refractivity contribution is 5.90. The van der Waals surface area contributed by atoms with Crippen molar-refractivity contribution in [3.05, 3.63) is 17.5 Å². The quantitative estimate of drug-likeness (QED) is 0.625. The van der Waals surface area contributed by atoms with Crippen LogP contribution in [0, 0.1) is 24.7 Å². The second-order valence-electron chi connectivity index (χ2n) is 6.35. The van der Waals surface area contributed by atoms with E-state index in [1.807, 2.05) is 46.2 Å². The van der Waals surface area contributed by atoms with E-state index in [1.165, 1.54) is 0 Å². The fraction of sp³-hybridized carbons (Fsp3) is 0.625. The van der Waals surface area contributed by atoms with Gasteiger partial charge in [0.2, 0.25) is 0 Å². The summed E-state index contributed by atoms with van der Waals surface area (Å²) in [6.45, 7) is 11.9. The van der Waals surface area contributed by atoms with E-state index in [9.17, 15) is 4.79 Å². The number of carbonyl (C=O) groups is 1. The minimum Gasteiger partial charge on any atom is -0.457 e. The van der Waals surface area contributed by atoms with Gasteiger partial charge in [-0.25, -0.2) is 4.79 Å². The molecule has 0 aromatic carbocycles. The van der Waals surface area contributed by atoms with Crippen LogP contribution in [0.5, 0.6) is 0 Å². The van der Waals surface area contributed by atoms with Gasteiger partial charge in [0.15, 0.2) is 0 Å². The van der Waals surface area contributed by atoms with Crippen molar-refractivity contribution in [1.82, 2.24) is 9.78 Å². The van der Waals surface area contributed by atoms with Crippen LogP contribution in [0.25, 0.3) is 0 Å². The van der Waals surface area contributed by atoms with E-state index in [2.05, 4.69) is 11.0 Å². The van der Waals surface area contributed by atoms with Crippen LogP contribution in [-0.4, -0.2) is 21.9 Å². The molecule has 0 aliphatic carbocycles. The van der Waals surface area contributed by atoms with E-state index in [1.54, 1.807) is 6.20 Å². The van der Waals surface area contributed by atoms with Gasteiger partial charge in [0.05, 0.1) is 11.9 Å². The number of nitrogens with zero attached hydrogens (tertiary/aromatic N) is 2. The third kappa shape index (κ3) is 3.63. The van der Waals surface area contributed by atoms with Crippen LogP contribution in [-0.2, 0) is 4.74 Å². The van der Waals surface area contributed by atoms with Crippen molar-refractivity contribution < 1.29 is 9.53 Å². The summed E-state index contributed by atoms with van der Waals surface area (Å²) in [4.78, 5) is 12.3. The lowest BCUT2D eigenvalue weighted by Crippen LogP contribution is -2.31. The maximum Gasteiger partial charge on any atom is 0.341 e. The average Bonchev–Trinajstić information content (AvgIpc) is 2.69. The van der Waals surface area contributed by atoms with Crippen molar-refractivity contribution in [2.75, 3.05) is 0 Å². The number of rotatable bonds is 4. The summed E-state index contributed by atoms with van der Waals surface area (Å²) >= 11 is 0. The van der Waals surface area contributed by atoms with Gasteiger partial charge in [0.25, 0.3) is 0 Å². The molecule has 1 rings (SSSR count). The first-order valence-electron chi connectivity index (χ1n) is 6.87. The van der Waals surface area contributed by atoms with Crippen molar-refractivity contribution in [1.29, 1.82) is 0 Å². The summed E-state index contributed by atoms with van der Waals surface area (Å²) in [5, 5.41) is 4.23. The molecule has 110 valence electrons. The second kappa shape index (κ2) is 6.13. The summed E-state index contributed by atoms with van der Waals surface area (Å²) in [7, 11) is 0. The Bertz CT molecular complexity index is 516. The topological polar surface area (TPSA) is 44.1 Å². The van der Waals surface area contributed by atoms with E-state index in [0.717, 1.165) is 5.69 Å². The summed E-state index contributed by atoms with van der Waals surface area (Å²) in [5.74, 6) is 2.21. The second-order valence-corrected chi connectivity index (χ2v) is 6.35. The van der Waals surface area contributed by atoms with Crippen LogP contribution in [0.3, 0.4) is 0 Å². The van der Waals surface area contributed by atoms with Gasteiger partial charge in [-0.05, 0) is 26.2 Å². The molecule has 1 unspecified atom stereocenters. The fourth-order valence-electron chi connectivity index (χ4n) is 1.97. The third-order valence-corrected chi connectivity index (χ3v) is 3.27. The molecule has 0 aliphatic heterocycles. The Labute approximate surface area is 121 Å². The normalized spacial score (nSPS) is 13.1. The van der Waals surface area contributed by atoms with E-state index in [0.29, 0.717) is 12.0 Å². The Morgan fingerprint density at radius 3 is 2.50 bits per heavy atom. The third-order valence-electron chi connectivity index (χ3n) is 3.27. The first-order chi connectivity index (χ1) is 9.18. The predicted molar refractivity (Wildman–Crippen MR) is 79.5 cm³/mol. The Kier molecular flexibility index (Phi) is 4.99. The number of hydrogen-bond acceptors (Lipinski definition) is 3. The van der Waals surface area contributed by atoms with Gasteiger partial charge in [-0.15, -0.1) is 12.3 Å². The summed E-state index contributed by atoms with van der Waals surface area (Å²) in [5.41, 5.74) is 1.13. The van der Waals surface area contributed by atoms with Gasteiger partial charge in [-0.3, -0.25) is 4.68 Å². The first-order valence-corrected chi connectivity index (χ1v) is 6.87. The zero-order valence-corrected chi connectivity index (χ0v) is 13.2. The molecular formula is C16H24N2O2. The van der Waals surface area contributed by atoms with E-state index < -0.39 is 0 Å². The minimum atomic E-state index is -0.357. The number of hydrogen-bond donors (Lipinski definition) is 0. The molecule has 1 aromatic rings. The molecule has 0 radical (unpaired) electrons. The average molecular weight is 276 g/mol. The van der Waals surface area contributed by atoms with Crippen LogP contribution in [0.15, 0.2) is 6.20 Å². The highest BCUT2D eigenvalue weighted by Gasteiger charge is 2.29. The molecule has 0 bridgehead atoms. The fourth-order valence-corrected chi connectivity index (χ4v) is 1.97. The number of terminal acetylenes is 1. The Morgan fingerprint density at radius 1 is 1.50 bits per heavy atom. The molecule has 0 amide bonds. The van der Waals surface area contributed by atoms with Crippen molar-refractivity contribution in [3.8, 4) is 12.3 Å². The lowest BCUT2D eigenvalue weighted by molar-refractivity contribution is -0.000632. The molecule has 0 fully saturated rings. The summed E-state index contributed by atoms with van der Waals surface area (Å²) in [6.07, 6.45) is 7.02. The summed E-state index contributed by atoms with van der Waals surface area (Å²) in [6, 6.07) is 0.209. The Morgan fingerprint density at radius 2 is 2.10 bits per heavy atom. The zero-order valence-electron chi connectivity index (χ0n) is 13.2. The molecular weight excluding hydrogens is 252 g/mol. The molecule has 0 spiro atoms. The molecule has 0 saturated carbocycles. The molecule has 0 saturated heterocycles. The van der Waals surface area contributed by atoms with Crippen molar-refractivity contribution in [2.45, 2.75) is 60.1 Å². The standard InChI is InChI=1S/C16H24N2O2/c1-8-9-14(16(5,6)7)20-15(19)13-10-17-18(11(2)3)12(13)4/h1,10-11,14H,9H2,2-7H3. The minimum absolute atomic E-state index is 0.190. The van der Waals surface area contributed by atoms with E-state index in [-0.39, 0.29) is 23.5 Å². The van der Waals surface area contributed by atoms with Crippen LogP contribution >= 0.6 is 0 Å². The molecule has 0 aliphatic rings. The van der Waals surface area contributed by atoms with Gasteiger partial charge in [-0.2, -0.15) is 5.10 Å². The first kappa shape index (κ1) is 16.3. The van der Waals surface area contributed by atoms with Crippen LogP contribution in [0.1, 0.15) is 63.1 Å². The number of ether oxygens (including phenoxy) is 1. The number of aromatic nitrogens is 2. The van der Waals surface area contributed by atoms with Crippen LogP contribution < -0.4 is 0 Å². The Balaban J connectivity index is 2.93. The lowest BCUT2D eigenvalue weighted by atomic mass is 9.87. The summed E-state index contributed by atoms with van der Waals surface area (Å²) < 4.78 is 7.39. The zero-order chi connectivity index (χ0) is 15.5. The van der Waals surface area contributed by atoms with Crippen LogP contribution in [0.2, 0.25) is 0 Å². The van der Waals surface area contributed by atoms with Gasteiger partial charge < -0.3 is 4.74 Å². The molecule has 1 heterocycles. The number of carbonyl (C=O) groups excluding carboxylic acids is 1. The monoisotopic (exact) mass is 276 g/mol. The maximum atomic E-state index is 12.3. The van der Waals surface area contributed by atoms with Gasteiger partial charge in [0.1, 0.15) is 11.7 Å². The van der Waals surface area contributed by atoms with Crippen LogP contribution in [0.4, 0.5) is 0 Å². The largest absolute Gasteiger partial charge is 0.457 e. The van der Waals surface area contributed by atoms with Crippen molar-refractivity contribution in [3.63, 3.8) is 0 Å². The predicted octanol–water partition coefficient (Wildman–Crippen LogP) is 3.37. The smallest absolute Gasteiger partial charge is 0.341 e. The Hall–Kier alpha value is -1.76. The lowest BCUT2D eigenvalue weighted by Gasteiger charge is -2.28. The van der Waals surface area contributed by atoms with Gasteiger partial charge in [0, 0.05) is 12.5 Å². The van der Waals surface area contributed by atoms with Gasteiger partial charge >= 0.3 is 5.97 Å². The maximum absolute atomic E-state index is 12.3. The number of esters is 1.